The van der Waals surface area contributed by atoms with Gasteiger partial charge < -0.3 is 9.84 Å². The van der Waals surface area contributed by atoms with Crippen molar-refractivity contribution in [2.24, 2.45) is 5.92 Å². The number of Topliss-reactive ketones (excluding diaryl/α,β-unsaturated/α-hetero) is 1. The van der Waals surface area contributed by atoms with Gasteiger partial charge in [-0.15, -0.1) is 0 Å². The lowest BCUT2D eigenvalue weighted by Crippen LogP contribution is -2.43. The Kier molecular flexibility index (Phi) is 6.92. The molecule has 94 valence electrons. The van der Waals surface area contributed by atoms with Crippen molar-refractivity contribution >= 4 is 11.8 Å². The van der Waals surface area contributed by atoms with Gasteiger partial charge in [0.05, 0.1) is 18.6 Å². The molecule has 0 aliphatic rings. The van der Waals surface area contributed by atoms with E-state index in [0.717, 1.165) is 0 Å². The maximum atomic E-state index is 11.3. The van der Waals surface area contributed by atoms with Gasteiger partial charge in [-0.3, -0.25) is 14.5 Å². The predicted molar refractivity (Wildman–Crippen MR) is 60.4 cm³/mol. The first-order valence-electron chi connectivity index (χ1n) is 5.36. The molecule has 0 spiro atoms. The van der Waals surface area contributed by atoms with Crippen LogP contribution in [0.15, 0.2) is 0 Å². The molecule has 0 amide bonds. The molecule has 5 heteroatoms. The van der Waals surface area contributed by atoms with E-state index in [4.69, 9.17) is 9.84 Å². The van der Waals surface area contributed by atoms with Crippen LogP contribution >= 0.6 is 0 Å². The van der Waals surface area contributed by atoms with Gasteiger partial charge in [0, 0.05) is 20.2 Å². The zero-order valence-corrected chi connectivity index (χ0v) is 10.4. The highest BCUT2D eigenvalue weighted by Crippen LogP contribution is 2.06. The van der Waals surface area contributed by atoms with E-state index >= 15 is 0 Å². The molecule has 0 saturated heterocycles. The number of rotatable bonds is 8. The van der Waals surface area contributed by atoms with Gasteiger partial charge in [0.25, 0.3) is 0 Å². The molecule has 0 aromatic carbocycles. The minimum atomic E-state index is -0.849. The van der Waals surface area contributed by atoms with Crippen LogP contribution in [0.1, 0.15) is 20.8 Å². The lowest BCUT2D eigenvalue weighted by molar-refractivity contribution is -0.142. The summed E-state index contributed by atoms with van der Waals surface area (Å²) in [5.74, 6) is -1.30. The Bertz CT molecular complexity index is 242. The molecule has 0 radical (unpaired) electrons. The number of ether oxygens (including phenoxy) is 1. The average molecular weight is 231 g/mol. The SMILES string of the molecule is COCCN(CC(C)C(=O)O)C(C)C(C)=O. The molecule has 0 rings (SSSR count). The Morgan fingerprint density at radius 1 is 1.38 bits per heavy atom. The number of methoxy groups -OCH3 is 1. The van der Waals surface area contributed by atoms with Crippen LogP contribution in [0.4, 0.5) is 0 Å². The molecular weight excluding hydrogens is 210 g/mol. The second-order valence-electron chi connectivity index (χ2n) is 4.01. The van der Waals surface area contributed by atoms with E-state index in [9.17, 15) is 9.59 Å². The molecular formula is C11H21NO4. The highest BCUT2D eigenvalue weighted by atomic mass is 16.5. The molecule has 0 saturated carbocycles. The molecule has 0 aliphatic carbocycles. The summed E-state index contributed by atoms with van der Waals surface area (Å²) in [6, 6.07) is -0.267. The number of nitrogens with zero attached hydrogens (tertiary/aromatic N) is 1. The molecule has 0 heterocycles. The number of hydrogen-bond acceptors (Lipinski definition) is 4. The Morgan fingerprint density at radius 3 is 2.31 bits per heavy atom. The van der Waals surface area contributed by atoms with Gasteiger partial charge in [0.1, 0.15) is 5.78 Å². The fraction of sp³-hybridized carbons (Fsp3) is 0.818. The lowest BCUT2D eigenvalue weighted by Gasteiger charge is -2.28. The van der Waals surface area contributed by atoms with E-state index < -0.39 is 11.9 Å². The molecule has 2 unspecified atom stereocenters. The number of carbonyl (C=O) groups is 2. The lowest BCUT2D eigenvalue weighted by atomic mass is 10.1. The normalized spacial score (nSPS) is 14.8. The zero-order valence-electron chi connectivity index (χ0n) is 10.4. The maximum absolute atomic E-state index is 11.3. The van der Waals surface area contributed by atoms with Gasteiger partial charge >= 0.3 is 5.97 Å². The van der Waals surface area contributed by atoms with Crippen LogP contribution < -0.4 is 0 Å². The molecule has 0 aromatic rings. The molecule has 0 aromatic heterocycles. The largest absolute Gasteiger partial charge is 0.481 e. The van der Waals surface area contributed by atoms with E-state index in [-0.39, 0.29) is 11.8 Å². The number of carboxylic acid groups (broad SMARTS) is 1. The Hall–Kier alpha value is -0.940. The summed E-state index contributed by atoms with van der Waals surface area (Å²) in [6.45, 7) is 6.34. The Labute approximate surface area is 96.4 Å². The first-order chi connectivity index (χ1) is 7.40. The van der Waals surface area contributed by atoms with Crippen LogP contribution in [0.25, 0.3) is 0 Å². The monoisotopic (exact) mass is 231 g/mol. The summed E-state index contributed by atoms with van der Waals surface area (Å²) in [5, 5.41) is 8.83. The van der Waals surface area contributed by atoms with Crippen LogP contribution in [0.3, 0.4) is 0 Å². The predicted octanol–water partition coefficient (Wildman–Crippen LogP) is 0.633. The third-order valence-electron chi connectivity index (χ3n) is 2.65. The summed E-state index contributed by atoms with van der Waals surface area (Å²) in [7, 11) is 1.58. The summed E-state index contributed by atoms with van der Waals surface area (Å²) < 4.78 is 4.94. The molecule has 0 aliphatic heterocycles. The first-order valence-corrected chi connectivity index (χ1v) is 5.36. The van der Waals surface area contributed by atoms with E-state index in [1.807, 2.05) is 4.90 Å². The van der Waals surface area contributed by atoms with Crippen molar-refractivity contribution < 1.29 is 19.4 Å². The van der Waals surface area contributed by atoms with Gasteiger partial charge in [0.2, 0.25) is 0 Å². The molecule has 1 N–H and O–H groups in total. The molecule has 16 heavy (non-hydrogen) atoms. The smallest absolute Gasteiger partial charge is 0.307 e. The van der Waals surface area contributed by atoms with Crippen molar-refractivity contribution in [3.8, 4) is 0 Å². The van der Waals surface area contributed by atoms with Gasteiger partial charge in [-0.2, -0.15) is 0 Å². The van der Waals surface area contributed by atoms with E-state index in [0.29, 0.717) is 19.7 Å². The summed E-state index contributed by atoms with van der Waals surface area (Å²) in [6.07, 6.45) is 0. The maximum Gasteiger partial charge on any atom is 0.307 e. The highest BCUT2D eigenvalue weighted by molar-refractivity contribution is 5.81. The van der Waals surface area contributed by atoms with Crippen molar-refractivity contribution in [1.29, 1.82) is 0 Å². The second kappa shape index (κ2) is 7.35. The molecule has 5 nitrogen and oxygen atoms in total. The zero-order chi connectivity index (χ0) is 12.7. The van der Waals surface area contributed by atoms with Crippen molar-refractivity contribution in [3.63, 3.8) is 0 Å². The molecule has 2 atom stereocenters. The quantitative estimate of drug-likeness (QED) is 0.663. The van der Waals surface area contributed by atoms with E-state index in [1.165, 1.54) is 6.92 Å². The number of ketones is 1. The Balaban J connectivity index is 4.41. The van der Waals surface area contributed by atoms with Crippen LogP contribution in [0.2, 0.25) is 0 Å². The topological polar surface area (TPSA) is 66.8 Å². The van der Waals surface area contributed by atoms with Gasteiger partial charge in [-0.1, -0.05) is 6.92 Å². The third kappa shape index (κ3) is 5.23. The van der Waals surface area contributed by atoms with Crippen molar-refractivity contribution in [2.75, 3.05) is 26.8 Å². The average Bonchev–Trinajstić information content (AvgIpc) is 2.22. The summed E-state index contributed by atoms with van der Waals surface area (Å²) >= 11 is 0. The van der Waals surface area contributed by atoms with Crippen LogP contribution in [-0.4, -0.2) is 54.6 Å². The van der Waals surface area contributed by atoms with Crippen molar-refractivity contribution in [3.05, 3.63) is 0 Å². The number of carbonyl (C=O) groups excluding carboxylic acids is 1. The van der Waals surface area contributed by atoms with E-state index in [1.54, 1.807) is 21.0 Å². The second-order valence-corrected chi connectivity index (χ2v) is 4.01. The van der Waals surface area contributed by atoms with E-state index in [2.05, 4.69) is 0 Å². The number of carboxylic acids is 1. The summed E-state index contributed by atoms with van der Waals surface area (Å²) in [4.78, 5) is 23.9. The first kappa shape index (κ1) is 15.1. The summed E-state index contributed by atoms with van der Waals surface area (Å²) in [5.41, 5.74) is 0. The fourth-order valence-corrected chi connectivity index (χ4v) is 1.34. The van der Waals surface area contributed by atoms with Gasteiger partial charge in [-0.25, -0.2) is 0 Å². The molecule has 0 bridgehead atoms. The third-order valence-corrected chi connectivity index (χ3v) is 2.65. The fourth-order valence-electron chi connectivity index (χ4n) is 1.34. The number of hydrogen-bond donors (Lipinski definition) is 1. The van der Waals surface area contributed by atoms with Crippen molar-refractivity contribution in [1.82, 2.24) is 4.90 Å². The van der Waals surface area contributed by atoms with Gasteiger partial charge in [-0.05, 0) is 13.8 Å². The number of aliphatic carboxylic acids is 1. The van der Waals surface area contributed by atoms with Gasteiger partial charge in [0.15, 0.2) is 0 Å². The molecule has 0 fully saturated rings. The Morgan fingerprint density at radius 2 is 1.94 bits per heavy atom. The standard InChI is InChI=1S/C11H21NO4/c1-8(11(14)15)7-12(5-6-16-4)9(2)10(3)13/h8-9H,5-7H2,1-4H3,(H,14,15). The highest BCUT2D eigenvalue weighted by Gasteiger charge is 2.22. The minimum absolute atomic E-state index is 0.0358. The van der Waals surface area contributed by atoms with Crippen LogP contribution in [-0.2, 0) is 14.3 Å². The van der Waals surface area contributed by atoms with Crippen molar-refractivity contribution in [2.45, 2.75) is 26.8 Å². The van der Waals surface area contributed by atoms with Crippen LogP contribution in [0, 0.1) is 5.92 Å². The van der Waals surface area contributed by atoms with Crippen LogP contribution in [0.5, 0.6) is 0 Å². The minimum Gasteiger partial charge on any atom is -0.481 e.